The molecule has 0 unspecified atom stereocenters. The Morgan fingerprint density at radius 2 is 1.15 bits per heavy atom. The highest BCUT2D eigenvalue weighted by Crippen LogP contribution is 2.32. The van der Waals surface area contributed by atoms with Crippen molar-refractivity contribution in [2.24, 2.45) is 0 Å². The van der Waals surface area contributed by atoms with Gasteiger partial charge in [-0.25, -0.2) is 4.98 Å². The highest BCUT2D eigenvalue weighted by Gasteiger charge is 2.14. The molecule has 0 saturated heterocycles. The Labute approximate surface area is 171 Å². The Morgan fingerprint density at radius 1 is 0.741 bits per heavy atom. The molecular weight excluding hydrogens is 389 g/mol. The third-order valence-electron chi connectivity index (χ3n) is 3.85. The summed E-state index contributed by atoms with van der Waals surface area (Å²) in [6.07, 6.45) is 0. The average Bonchev–Trinajstić information content (AvgIpc) is 3.17. The van der Waals surface area contributed by atoms with Crippen molar-refractivity contribution in [3.8, 4) is 0 Å². The number of alkyl halides is 1. The lowest BCUT2D eigenvalue weighted by Crippen LogP contribution is -2.20. The zero-order valence-corrected chi connectivity index (χ0v) is 17.6. The molecule has 0 bridgehead atoms. The van der Waals surface area contributed by atoms with Crippen LogP contribution in [-0.4, -0.2) is 4.98 Å². The summed E-state index contributed by atoms with van der Waals surface area (Å²) in [5.41, 5.74) is 0.981. The standard InChI is InChI=1S/C18H15P.C5H6ClNS/c1-4-10-16(11-5-1)19(17-12-6-2-7-13-17)18-14-8-3-9-15-18;1-4-7-5(2-6)3-8-4/h1-15H;3H,2H2,1H3. The lowest BCUT2D eigenvalue weighted by Gasteiger charge is -2.18. The van der Waals surface area contributed by atoms with Gasteiger partial charge in [-0.3, -0.25) is 0 Å². The van der Waals surface area contributed by atoms with Crippen molar-refractivity contribution in [1.29, 1.82) is 0 Å². The molecule has 1 aromatic heterocycles. The fourth-order valence-electron chi connectivity index (χ4n) is 2.65. The third-order valence-corrected chi connectivity index (χ3v) is 7.39. The number of benzene rings is 3. The van der Waals surface area contributed by atoms with Gasteiger partial charge >= 0.3 is 0 Å². The van der Waals surface area contributed by atoms with E-state index < -0.39 is 7.92 Å². The van der Waals surface area contributed by atoms with Crippen LogP contribution in [-0.2, 0) is 5.88 Å². The molecule has 0 spiro atoms. The van der Waals surface area contributed by atoms with E-state index in [2.05, 4.69) is 96.0 Å². The number of halogens is 1. The van der Waals surface area contributed by atoms with E-state index in [0.29, 0.717) is 5.88 Å². The van der Waals surface area contributed by atoms with Gasteiger partial charge in [0.2, 0.25) is 0 Å². The first kappa shape index (κ1) is 19.8. The zero-order chi connectivity index (χ0) is 18.9. The molecule has 3 aromatic carbocycles. The SMILES string of the molecule is Cc1nc(CCl)cs1.c1ccc(P(c2ccccc2)c2ccccc2)cc1. The molecule has 1 heterocycles. The van der Waals surface area contributed by atoms with Crippen LogP contribution in [0.2, 0.25) is 0 Å². The van der Waals surface area contributed by atoms with E-state index in [-0.39, 0.29) is 0 Å². The fourth-order valence-corrected chi connectivity index (χ4v) is 5.79. The fraction of sp³-hybridized carbons (Fsp3) is 0.0870. The van der Waals surface area contributed by atoms with Gasteiger partial charge in [0, 0.05) is 5.38 Å². The van der Waals surface area contributed by atoms with Crippen LogP contribution < -0.4 is 15.9 Å². The van der Waals surface area contributed by atoms with Crippen LogP contribution in [0.25, 0.3) is 0 Å². The molecule has 0 aliphatic rings. The van der Waals surface area contributed by atoms with E-state index in [1.807, 2.05) is 12.3 Å². The van der Waals surface area contributed by atoms with Crippen molar-refractivity contribution in [2.45, 2.75) is 12.8 Å². The molecule has 0 atom stereocenters. The first-order chi connectivity index (χ1) is 13.3. The predicted molar refractivity (Wildman–Crippen MR) is 122 cm³/mol. The maximum absolute atomic E-state index is 5.48. The van der Waals surface area contributed by atoms with E-state index in [0.717, 1.165) is 10.7 Å². The van der Waals surface area contributed by atoms with Gasteiger partial charge in [0.1, 0.15) is 0 Å². The van der Waals surface area contributed by atoms with E-state index in [4.69, 9.17) is 11.6 Å². The summed E-state index contributed by atoms with van der Waals surface area (Å²) in [5.74, 6) is 0.532. The summed E-state index contributed by atoms with van der Waals surface area (Å²) in [6, 6.07) is 32.3. The summed E-state index contributed by atoms with van der Waals surface area (Å²) >= 11 is 7.12. The molecule has 4 heteroatoms. The van der Waals surface area contributed by atoms with Gasteiger partial charge in [-0.15, -0.1) is 22.9 Å². The van der Waals surface area contributed by atoms with Crippen LogP contribution in [0.5, 0.6) is 0 Å². The van der Waals surface area contributed by atoms with E-state index in [1.165, 1.54) is 15.9 Å². The highest BCUT2D eigenvalue weighted by atomic mass is 35.5. The molecule has 0 N–H and O–H groups in total. The van der Waals surface area contributed by atoms with Gasteiger partial charge in [-0.05, 0) is 30.8 Å². The van der Waals surface area contributed by atoms with Crippen LogP contribution in [0.1, 0.15) is 10.7 Å². The van der Waals surface area contributed by atoms with Crippen molar-refractivity contribution in [1.82, 2.24) is 4.98 Å². The number of hydrogen-bond donors (Lipinski definition) is 0. The number of aryl methyl sites for hydroxylation is 1. The summed E-state index contributed by atoms with van der Waals surface area (Å²) in [4.78, 5) is 4.12. The average molecular weight is 410 g/mol. The second-order valence-corrected chi connectivity index (χ2v) is 9.38. The number of aromatic nitrogens is 1. The van der Waals surface area contributed by atoms with Crippen molar-refractivity contribution in [3.63, 3.8) is 0 Å². The molecule has 0 aliphatic heterocycles. The van der Waals surface area contributed by atoms with Gasteiger partial charge in [0.15, 0.2) is 0 Å². The molecule has 4 rings (SSSR count). The summed E-state index contributed by atoms with van der Waals surface area (Å²) in [7, 11) is -0.446. The van der Waals surface area contributed by atoms with Crippen molar-refractivity contribution < 1.29 is 0 Å². The van der Waals surface area contributed by atoms with Crippen molar-refractivity contribution in [2.75, 3.05) is 0 Å². The van der Waals surface area contributed by atoms with Gasteiger partial charge in [-0.1, -0.05) is 91.0 Å². The van der Waals surface area contributed by atoms with Crippen LogP contribution in [0.15, 0.2) is 96.4 Å². The number of nitrogens with zero attached hydrogens (tertiary/aromatic N) is 1. The molecule has 4 aromatic rings. The molecule has 27 heavy (non-hydrogen) atoms. The van der Waals surface area contributed by atoms with E-state index >= 15 is 0 Å². The quantitative estimate of drug-likeness (QED) is 0.314. The Kier molecular flexibility index (Phi) is 7.59. The first-order valence-electron chi connectivity index (χ1n) is 8.70. The zero-order valence-electron chi connectivity index (χ0n) is 15.1. The Hall–Kier alpha value is -1.99. The minimum absolute atomic E-state index is 0.446. The molecule has 0 radical (unpaired) electrons. The Morgan fingerprint density at radius 3 is 1.41 bits per heavy atom. The number of hydrogen-bond acceptors (Lipinski definition) is 2. The second-order valence-electron chi connectivity index (χ2n) is 5.83. The third kappa shape index (κ3) is 5.74. The predicted octanol–water partition coefficient (Wildman–Crippen LogP) is 5.64. The normalized spacial score (nSPS) is 10.3. The number of thiazole rings is 1. The van der Waals surface area contributed by atoms with Crippen LogP contribution >= 0.6 is 30.9 Å². The van der Waals surface area contributed by atoms with Gasteiger partial charge in [-0.2, -0.15) is 0 Å². The summed E-state index contributed by atoms with van der Waals surface area (Å²) in [5, 5.41) is 7.25. The summed E-state index contributed by atoms with van der Waals surface area (Å²) < 4.78 is 0. The van der Waals surface area contributed by atoms with Gasteiger partial charge < -0.3 is 0 Å². The molecule has 0 saturated carbocycles. The maximum Gasteiger partial charge on any atom is 0.0897 e. The monoisotopic (exact) mass is 409 g/mol. The largest absolute Gasteiger partial charge is 0.245 e. The lowest BCUT2D eigenvalue weighted by molar-refractivity contribution is 1.17. The van der Waals surface area contributed by atoms with Gasteiger partial charge in [0.25, 0.3) is 0 Å². The molecular formula is C23H21ClNPS. The van der Waals surface area contributed by atoms with Crippen molar-refractivity contribution >= 4 is 46.8 Å². The molecule has 0 aliphatic carbocycles. The minimum atomic E-state index is -0.446. The van der Waals surface area contributed by atoms with Gasteiger partial charge in [0.05, 0.1) is 16.6 Å². The first-order valence-corrected chi connectivity index (χ1v) is 11.5. The highest BCUT2D eigenvalue weighted by molar-refractivity contribution is 7.79. The smallest absolute Gasteiger partial charge is 0.0897 e. The number of rotatable bonds is 4. The van der Waals surface area contributed by atoms with E-state index in [1.54, 1.807) is 11.3 Å². The minimum Gasteiger partial charge on any atom is -0.245 e. The molecule has 0 amide bonds. The molecule has 0 fully saturated rings. The van der Waals surface area contributed by atoms with Crippen molar-refractivity contribution in [3.05, 3.63) is 107 Å². The molecule has 1 nitrogen and oxygen atoms in total. The summed E-state index contributed by atoms with van der Waals surface area (Å²) in [6.45, 7) is 1.97. The lowest BCUT2D eigenvalue weighted by atomic mass is 10.4. The van der Waals surface area contributed by atoms with Crippen LogP contribution in [0, 0.1) is 6.92 Å². The topological polar surface area (TPSA) is 12.9 Å². The second kappa shape index (κ2) is 10.4. The van der Waals surface area contributed by atoms with Crippen LogP contribution in [0.3, 0.4) is 0 Å². The Balaban J connectivity index is 0.000000221. The molecule has 136 valence electrons. The van der Waals surface area contributed by atoms with Crippen LogP contribution in [0.4, 0.5) is 0 Å². The van der Waals surface area contributed by atoms with E-state index in [9.17, 15) is 0 Å². The maximum atomic E-state index is 5.48. The Bertz CT molecular complexity index is 832.